The van der Waals surface area contributed by atoms with E-state index >= 15 is 0 Å². The molecule has 0 fully saturated rings. The molecule has 15 heavy (non-hydrogen) atoms. The van der Waals surface area contributed by atoms with Gasteiger partial charge in [0, 0.05) is 5.69 Å². The number of hydrogen-bond acceptors (Lipinski definition) is 3. The molecular weight excluding hydrogens is 214 g/mol. The highest BCUT2D eigenvalue weighted by Gasteiger charge is 2.10. The lowest BCUT2D eigenvalue weighted by Gasteiger charge is -1.98. The standard InChI is InChI=1S/C11H8ClNO2/c12-11-5-1-3-8(13-11)7-9(14)10-4-2-6-15-10/h1-6H,7H2. The second-order valence-electron chi connectivity index (χ2n) is 3.03. The van der Waals surface area contributed by atoms with E-state index in [-0.39, 0.29) is 12.2 Å². The Bertz CT molecular complexity index is 465. The highest BCUT2D eigenvalue weighted by molar-refractivity contribution is 6.29. The lowest BCUT2D eigenvalue weighted by molar-refractivity contribution is 0.0965. The van der Waals surface area contributed by atoms with Crippen molar-refractivity contribution < 1.29 is 9.21 Å². The molecule has 0 aromatic carbocycles. The van der Waals surface area contributed by atoms with E-state index in [1.54, 1.807) is 30.3 Å². The molecule has 0 unspecified atom stereocenters. The molecule has 2 aromatic heterocycles. The van der Waals surface area contributed by atoms with E-state index in [2.05, 4.69) is 4.98 Å². The van der Waals surface area contributed by atoms with Crippen molar-refractivity contribution in [2.24, 2.45) is 0 Å². The van der Waals surface area contributed by atoms with Gasteiger partial charge in [-0.05, 0) is 24.3 Å². The van der Waals surface area contributed by atoms with Crippen LogP contribution in [0.4, 0.5) is 0 Å². The van der Waals surface area contributed by atoms with E-state index in [0.29, 0.717) is 16.6 Å². The van der Waals surface area contributed by atoms with Crippen LogP contribution in [0.2, 0.25) is 5.15 Å². The number of hydrogen-bond donors (Lipinski definition) is 0. The number of Topliss-reactive ketones (excluding diaryl/α,β-unsaturated/α-hetero) is 1. The Labute approximate surface area is 91.7 Å². The Morgan fingerprint density at radius 3 is 2.87 bits per heavy atom. The molecule has 2 aromatic rings. The highest BCUT2D eigenvalue weighted by atomic mass is 35.5. The van der Waals surface area contributed by atoms with Crippen LogP contribution in [0.25, 0.3) is 0 Å². The second-order valence-corrected chi connectivity index (χ2v) is 3.42. The third-order valence-corrected chi connectivity index (χ3v) is 2.12. The van der Waals surface area contributed by atoms with Gasteiger partial charge in [-0.25, -0.2) is 4.98 Å². The number of furan rings is 1. The summed E-state index contributed by atoms with van der Waals surface area (Å²) in [5.41, 5.74) is 0.643. The zero-order chi connectivity index (χ0) is 10.7. The van der Waals surface area contributed by atoms with E-state index in [1.165, 1.54) is 6.26 Å². The number of aromatic nitrogens is 1. The van der Waals surface area contributed by atoms with Gasteiger partial charge in [0.1, 0.15) is 5.15 Å². The van der Waals surface area contributed by atoms with Crippen LogP contribution in [0.3, 0.4) is 0 Å². The summed E-state index contributed by atoms with van der Waals surface area (Å²) in [6.07, 6.45) is 1.67. The molecule has 0 bridgehead atoms. The third-order valence-electron chi connectivity index (χ3n) is 1.91. The summed E-state index contributed by atoms with van der Waals surface area (Å²) in [6.45, 7) is 0. The molecule has 0 spiro atoms. The van der Waals surface area contributed by atoms with Gasteiger partial charge in [-0.15, -0.1) is 0 Å². The van der Waals surface area contributed by atoms with Gasteiger partial charge in [0.15, 0.2) is 5.76 Å². The number of pyridine rings is 1. The number of halogens is 1. The maximum Gasteiger partial charge on any atom is 0.203 e. The molecule has 0 N–H and O–H groups in total. The molecule has 76 valence electrons. The Kier molecular flexibility index (Phi) is 2.83. The molecule has 0 atom stereocenters. The quantitative estimate of drug-likeness (QED) is 0.591. The molecular formula is C11H8ClNO2. The summed E-state index contributed by atoms with van der Waals surface area (Å²) in [5.74, 6) is 0.242. The number of carbonyl (C=O) groups excluding carboxylic acids is 1. The van der Waals surface area contributed by atoms with Crippen molar-refractivity contribution >= 4 is 17.4 Å². The lowest BCUT2D eigenvalue weighted by atomic mass is 10.2. The first kappa shape index (κ1) is 9.93. The van der Waals surface area contributed by atoms with Crippen LogP contribution < -0.4 is 0 Å². The summed E-state index contributed by atoms with van der Waals surface area (Å²) in [7, 11) is 0. The van der Waals surface area contributed by atoms with Crippen molar-refractivity contribution in [2.75, 3.05) is 0 Å². The molecule has 0 aliphatic rings. The van der Waals surface area contributed by atoms with E-state index in [9.17, 15) is 4.79 Å². The van der Waals surface area contributed by atoms with Crippen molar-refractivity contribution in [2.45, 2.75) is 6.42 Å². The summed E-state index contributed by atoms with van der Waals surface area (Å²) in [4.78, 5) is 15.6. The Balaban J connectivity index is 2.13. The SMILES string of the molecule is O=C(Cc1cccc(Cl)n1)c1ccco1. The molecule has 2 rings (SSSR count). The smallest absolute Gasteiger partial charge is 0.203 e. The summed E-state index contributed by atoms with van der Waals surface area (Å²) in [6, 6.07) is 8.50. The average molecular weight is 222 g/mol. The van der Waals surface area contributed by atoms with Crippen molar-refractivity contribution in [3.8, 4) is 0 Å². The van der Waals surface area contributed by atoms with Crippen LogP contribution in [0, 0.1) is 0 Å². The van der Waals surface area contributed by atoms with Crippen molar-refractivity contribution in [3.63, 3.8) is 0 Å². The second kappa shape index (κ2) is 4.28. The van der Waals surface area contributed by atoms with Crippen LogP contribution in [-0.4, -0.2) is 10.8 Å². The van der Waals surface area contributed by atoms with Crippen molar-refractivity contribution in [1.29, 1.82) is 0 Å². The maximum absolute atomic E-state index is 11.6. The highest BCUT2D eigenvalue weighted by Crippen LogP contribution is 2.09. The molecule has 4 heteroatoms. The molecule has 0 saturated carbocycles. The van der Waals surface area contributed by atoms with Gasteiger partial charge in [0.05, 0.1) is 12.7 Å². The first-order chi connectivity index (χ1) is 7.25. The zero-order valence-electron chi connectivity index (χ0n) is 7.81. The van der Waals surface area contributed by atoms with Crippen LogP contribution in [0.1, 0.15) is 16.2 Å². The predicted molar refractivity (Wildman–Crippen MR) is 56.0 cm³/mol. The fraction of sp³-hybridized carbons (Fsp3) is 0.0909. The molecule has 0 amide bonds. The van der Waals surface area contributed by atoms with Gasteiger partial charge in [-0.2, -0.15) is 0 Å². The fourth-order valence-electron chi connectivity index (χ4n) is 1.24. The summed E-state index contributed by atoms with van der Waals surface area (Å²) in [5, 5.41) is 0.389. The number of nitrogens with zero attached hydrogens (tertiary/aromatic N) is 1. The largest absolute Gasteiger partial charge is 0.461 e. The van der Waals surface area contributed by atoms with Crippen LogP contribution >= 0.6 is 11.6 Å². The fourth-order valence-corrected chi connectivity index (χ4v) is 1.42. The molecule has 0 aliphatic heterocycles. The lowest BCUT2D eigenvalue weighted by Crippen LogP contribution is -2.03. The molecule has 3 nitrogen and oxygen atoms in total. The van der Waals surface area contributed by atoms with Crippen LogP contribution in [0.15, 0.2) is 41.0 Å². The van der Waals surface area contributed by atoms with Crippen LogP contribution in [-0.2, 0) is 6.42 Å². The Morgan fingerprint density at radius 1 is 1.33 bits per heavy atom. The minimum Gasteiger partial charge on any atom is -0.461 e. The Hall–Kier alpha value is -1.61. The minimum atomic E-state index is -0.102. The number of ketones is 1. The van der Waals surface area contributed by atoms with Crippen molar-refractivity contribution in [3.05, 3.63) is 53.2 Å². The topological polar surface area (TPSA) is 43.1 Å². The van der Waals surface area contributed by atoms with Crippen molar-refractivity contribution in [1.82, 2.24) is 4.98 Å². The molecule has 2 heterocycles. The van der Waals surface area contributed by atoms with Gasteiger partial charge in [-0.3, -0.25) is 4.79 Å². The first-order valence-electron chi connectivity index (χ1n) is 4.44. The third kappa shape index (κ3) is 2.44. The van der Waals surface area contributed by atoms with Gasteiger partial charge in [-0.1, -0.05) is 17.7 Å². The predicted octanol–water partition coefficient (Wildman–Crippen LogP) is 2.75. The number of rotatable bonds is 3. The first-order valence-corrected chi connectivity index (χ1v) is 4.81. The van der Waals surface area contributed by atoms with Gasteiger partial charge in [0.2, 0.25) is 5.78 Å². The molecule has 0 aliphatic carbocycles. The number of carbonyl (C=O) groups is 1. The molecule has 0 saturated heterocycles. The average Bonchev–Trinajstić information content (AvgIpc) is 2.70. The van der Waals surface area contributed by atoms with E-state index in [4.69, 9.17) is 16.0 Å². The summed E-state index contributed by atoms with van der Waals surface area (Å²) >= 11 is 5.71. The Morgan fingerprint density at radius 2 is 2.20 bits per heavy atom. The van der Waals surface area contributed by atoms with E-state index in [0.717, 1.165) is 0 Å². The normalized spacial score (nSPS) is 10.2. The van der Waals surface area contributed by atoms with Gasteiger partial charge >= 0.3 is 0 Å². The van der Waals surface area contributed by atoms with Gasteiger partial charge < -0.3 is 4.42 Å². The minimum absolute atomic E-state index is 0.102. The van der Waals surface area contributed by atoms with Gasteiger partial charge in [0.25, 0.3) is 0 Å². The maximum atomic E-state index is 11.6. The summed E-state index contributed by atoms with van der Waals surface area (Å²) < 4.78 is 4.99. The van der Waals surface area contributed by atoms with Crippen LogP contribution in [0.5, 0.6) is 0 Å². The molecule has 0 radical (unpaired) electrons. The zero-order valence-corrected chi connectivity index (χ0v) is 8.57. The van der Waals surface area contributed by atoms with E-state index < -0.39 is 0 Å². The monoisotopic (exact) mass is 221 g/mol. The van der Waals surface area contributed by atoms with E-state index in [1.807, 2.05) is 0 Å².